The Morgan fingerprint density at radius 1 is 0.731 bits per heavy atom. The van der Waals surface area contributed by atoms with Crippen LogP contribution in [0.1, 0.15) is 89.5 Å². The van der Waals surface area contributed by atoms with Crippen molar-refractivity contribution in [3.05, 3.63) is 35.9 Å². The molecule has 1 rings (SSSR count). The van der Waals surface area contributed by atoms with Crippen LogP contribution in [-0.4, -0.2) is 29.0 Å². The second-order valence-electron chi connectivity index (χ2n) is 7.65. The van der Waals surface area contributed by atoms with Crippen LogP contribution >= 0.6 is 0 Å². The number of aliphatic hydroxyl groups excluding tert-OH is 2. The van der Waals surface area contributed by atoms with E-state index in [9.17, 15) is 10.2 Å². The molecule has 0 saturated carbocycles. The highest BCUT2D eigenvalue weighted by atomic mass is 16.3. The van der Waals surface area contributed by atoms with Gasteiger partial charge < -0.3 is 15.5 Å². The van der Waals surface area contributed by atoms with Gasteiger partial charge in [-0.15, -0.1) is 0 Å². The smallest absolute Gasteiger partial charge is 0.0448 e. The van der Waals surface area contributed by atoms with Gasteiger partial charge in [0, 0.05) is 25.3 Å². The number of benzene rings is 1. The van der Waals surface area contributed by atoms with E-state index >= 15 is 0 Å². The second-order valence-corrected chi connectivity index (χ2v) is 7.65. The van der Waals surface area contributed by atoms with Gasteiger partial charge in [0.05, 0.1) is 0 Å². The predicted molar refractivity (Wildman–Crippen MR) is 111 cm³/mol. The predicted octanol–water partition coefficient (Wildman–Crippen LogP) is 5.20. The first kappa shape index (κ1) is 23.1. The molecule has 0 aromatic heterocycles. The third kappa shape index (κ3) is 10.3. The van der Waals surface area contributed by atoms with Crippen molar-refractivity contribution in [2.24, 2.45) is 0 Å². The van der Waals surface area contributed by atoms with Gasteiger partial charge in [0.25, 0.3) is 0 Å². The Hall–Kier alpha value is -0.900. The maximum Gasteiger partial charge on any atom is 0.0448 e. The minimum atomic E-state index is -0.152. The van der Waals surface area contributed by atoms with E-state index in [0.29, 0.717) is 12.8 Å². The summed E-state index contributed by atoms with van der Waals surface area (Å²) in [6, 6.07) is 10.4. The molecule has 0 amide bonds. The summed E-state index contributed by atoms with van der Waals surface area (Å²) in [6.45, 7) is 3.38. The lowest BCUT2D eigenvalue weighted by atomic mass is 9.85. The van der Waals surface area contributed by atoms with Crippen molar-refractivity contribution in [1.29, 1.82) is 0 Å². The molecular weight excluding hydrogens is 322 g/mol. The molecule has 0 saturated heterocycles. The molecule has 1 aromatic carbocycles. The molecule has 3 heteroatoms. The standard InChI is InChI=1S/C23H41NO2/c1-2-3-4-5-6-7-8-9-13-16-23(17-19-25,18-20-26)24-21-22-14-11-10-12-15-22/h10-12,14-15,24-26H,2-9,13,16-21H2,1H3. The van der Waals surface area contributed by atoms with Crippen LogP contribution in [0.2, 0.25) is 0 Å². The van der Waals surface area contributed by atoms with Crippen LogP contribution in [-0.2, 0) is 6.54 Å². The van der Waals surface area contributed by atoms with E-state index in [4.69, 9.17) is 0 Å². The number of aliphatic hydroxyl groups is 2. The fourth-order valence-corrected chi connectivity index (χ4v) is 3.73. The van der Waals surface area contributed by atoms with Crippen LogP contribution < -0.4 is 5.32 Å². The lowest BCUT2D eigenvalue weighted by molar-refractivity contribution is 0.151. The first-order valence-corrected chi connectivity index (χ1v) is 10.8. The molecular formula is C23H41NO2. The molecule has 0 unspecified atom stereocenters. The lowest BCUT2D eigenvalue weighted by Gasteiger charge is -2.35. The third-order valence-electron chi connectivity index (χ3n) is 5.45. The van der Waals surface area contributed by atoms with Gasteiger partial charge in [-0.1, -0.05) is 95.0 Å². The third-order valence-corrected chi connectivity index (χ3v) is 5.45. The molecule has 0 aliphatic carbocycles. The zero-order chi connectivity index (χ0) is 18.9. The van der Waals surface area contributed by atoms with Gasteiger partial charge in [0.1, 0.15) is 0 Å². The van der Waals surface area contributed by atoms with Crippen molar-refractivity contribution in [1.82, 2.24) is 5.32 Å². The first-order valence-electron chi connectivity index (χ1n) is 10.8. The zero-order valence-electron chi connectivity index (χ0n) is 16.9. The average Bonchev–Trinajstić information content (AvgIpc) is 2.66. The minimum absolute atomic E-state index is 0.152. The van der Waals surface area contributed by atoms with E-state index in [1.54, 1.807) is 0 Å². The summed E-state index contributed by atoms with van der Waals surface area (Å²) in [7, 11) is 0. The number of hydrogen-bond donors (Lipinski definition) is 3. The number of rotatable bonds is 17. The lowest BCUT2D eigenvalue weighted by Crippen LogP contribution is -2.46. The highest BCUT2D eigenvalue weighted by Crippen LogP contribution is 2.24. The van der Waals surface area contributed by atoms with Crippen LogP contribution in [0.25, 0.3) is 0 Å². The van der Waals surface area contributed by atoms with Gasteiger partial charge >= 0.3 is 0 Å². The molecule has 0 radical (unpaired) electrons. The molecule has 0 aliphatic rings. The van der Waals surface area contributed by atoms with Crippen molar-refractivity contribution >= 4 is 0 Å². The van der Waals surface area contributed by atoms with E-state index in [0.717, 1.165) is 19.4 Å². The van der Waals surface area contributed by atoms with Gasteiger partial charge in [-0.2, -0.15) is 0 Å². The van der Waals surface area contributed by atoms with Crippen LogP contribution in [0.15, 0.2) is 30.3 Å². The monoisotopic (exact) mass is 363 g/mol. The summed E-state index contributed by atoms with van der Waals surface area (Å²) < 4.78 is 0. The van der Waals surface area contributed by atoms with Gasteiger partial charge in [0.15, 0.2) is 0 Å². The fourth-order valence-electron chi connectivity index (χ4n) is 3.73. The normalized spacial score (nSPS) is 11.8. The van der Waals surface area contributed by atoms with Crippen LogP contribution in [0.4, 0.5) is 0 Å². The Labute approximate surface area is 161 Å². The highest BCUT2D eigenvalue weighted by molar-refractivity contribution is 5.14. The Kier molecular flexibility index (Phi) is 13.5. The summed E-state index contributed by atoms with van der Waals surface area (Å²) in [5, 5.41) is 22.8. The van der Waals surface area contributed by atoms with Crippen molar-refractivity contribution in [3.63, 3.8) is 0 Å². The van der Waals surface area contributed by atoms with E-state index in [-0.39, 0.29) is 18.8 Å². The Bertz CT molecular complexity index is 415. The van der Waals surface area contributed by atoms with E-state index in [1.165, 1.54) is 56.9 Å². The maximum atomic E-state index is 9.55. The van der Waals surface area contributed by atoms with Gasteiger partial charge in [-0.25, -0.2) is 0 Å². The molecule has 0 spiro atoms. The zero-order valence-corrected chi connectivity index (χ0v) is 16.9. The average molecular weight is 364 g/mol. The largest absolute Gasteiger partial charge is 0.396 e. The van der Waals surface area contributed by atoms with Gasteiger partial charge in [-0.3, -0.25) is 0 Å². The number of nitrogens with one attached hydrogen (secondary N) is 1. The maximum absolute atomic E-state index is 9.55. The molecule has 0 atom stereocenters. The van der Waals surface area contributed by atoms with Crippen LogP contribution in [0, 0.1) is 0 Å². The summed E-state index contributed by atoms with van der Waals surface area (Å²) in [5.41, 5.74) is 1.10. The van der Waals surface area contributed by atoms with Crippen LogP contribution in [0.5, 0.6) is 0 Å². The minimum Gasteiger partial charge on any atom is -0.396 e. The highest BCUT2D eigenvalue weighted by Gasteiger charge is 2.27. The van der Waals surface area contributed by atoms with Crippen molar-refractivity contribution in [2.45, 2.75) is 96.1 Å². The van der Waals surface area contributed by atoms with Crippen molar-refractivity contribution in [2.75, 3.05) is 13.2 Å². The molecule has 26 heavy (non-hydrogen) atoms. The Morgan fingerprint density at radius 3 is 1.81 bits per heavy atom. The van der Waals surface area contributed by atoms with Gasteiger partial charge in [0.2, 0.25) is 0 Å². The number of hydrogen-bond acceptors (Lipinski definition) is 3. The summed E-state index contributed by atoms with van der Waals surface area (Å²) in [4.78, 5) is 0. The summed E-state index contributed by atoms with van der Waals surface area (Å²) in [5.74, 6) is 0. The quantitative estimate of drug-likeness (QED) is 0.333. The van der Waals surface area contributed by atoms with Gasteiger partial charge in [-0.05, 0) is 24.8 Å². The molecule has 1 aromatic rings. The Morgan fingerprint density at radius 2 is 1.27 bits per heavy atom. The summed E-state index contributed by atoms with van der Waals surface area (Å²) >= 11 is 0. The number of unbranched alkanes of at least 4 members (excludes halogenated alkanes) is 8. The fraction of sp³-hybridized carbons (Fsp3) is 0.739. The molecule has 3 N–H and O–H groups in total. The van der Waals surface area contributed by atoms with Crippen molar-refractivity contribution < 1.29 is 10.2 Å². The summed E-state index contributed by atoms with van der Waals surface area (Å²) in [6.07, 6.45) is 14.3. The molecule has 0 heterocycles. The molecule has 0 aliphatic heterocycles. The first-order chi connectivity index (χ1) is 12.8. The Balaban J connectivity index is 2.34. The van der Waals surface area contributed by atoms with Crippen LogP contribution in [0.3, 0.4) is 0 Å². The SMILES string of the molecule is CCCCCCCCCCCC(CCO)(CCO)NCc1ccccc1. The molecule has 0 fully saturated rings. The van der Waals surface area contributed by atoms with Crippen molar-refractivity contribution in [3.8, 4) is 0 Å². The molecule has 3 nitrogen and oxygen atoms in total. The van der Waals surface area contributed by atoms with E-state index in [2.05, 4.69) is 36.5 Å². The van der Waals surface area contributed by atoms with E-state index < -0.39 is 0 Å². The topological polar surface area (TPSA) is 52.5 Å². The molecule has 0 bridgehead atoms. The molecule has 150 valence electrons. The van der Waals surface area contributed by atoms with E-state index in [1.807, 2.05) is 6.07 Å². The second kappa shape index (κ2) is 15.2.